The molecule has 6 nitrogen and oxygen atoms in total. The standard InChI is InChI=1S/C13H21O6Si/c20-13(17-10-4-1-7-14-10,18-11-5-2-8-15-11)19-12-6-3-9-16-12/h10-12H,1-9H2. The molecule has 0 N–H and O–H groups in total. The van der Waals surface area contributed by atoms with Gasteiger partial charge in [0.15, 0.2) is 29.1 Å². The summed E-state index contributed by atoms with van der Waals surface area (Å²) in [6.07, 6.45) is 4.45. The van der Waals surface area contributed by atoms with Gasteiger partial charge >= 0.3 is 0 Å². The summed E-state index contributed by atoms with van der Waals surface area (Å²) in [5.41, 5.74) is -1.38. The van der Waals surface area contributed by atoms with E-state index in [1.807, 2.05) is 0 Å². The molecule has 0 bridgehead atoms. The molecule has 0 aromatic carbocycles. The molecule has 3 fully saturated rings. The van der Waals surface area contributed by atoms with Gasteiger partial charge in [0.1, 0.15) is 0 Å². The van der Waals surface area contributed by atoms with E-state index in [0.717, 1.165) is 38.5 Å². The number of hydrogen-bond donors (Lipinski definition) is 0. The van der Waals surface area contributed by atoms with Crippen LogP contribution in [0, 0.1) is 0 Å². The highest BCUT2D eigenvalue weighted by Gasteiger charge is 2.39. The first-order valence-corrected chi connectivity index (χ1v) is 7.87. The third-order valence-corrected chi connectivity index (χ3v) is 3.88. The van der Waals surface area contributed by atoms with Crippen LogP contribution in [0.15, 0.2) is 0 Å². The Hall–Kier alpha value is -0.0231. The third-order valence-electron chi connectivity index (χ3n) is 3.52. The molecule has 3 unspecified atom stereocenters. The molecule has 3 heterocycles. The number of hydrogen-bond acceptors (Lipinski definition) is 6. The van der Waals surface area contributed by atoms with E-state index in [0.29, 0.717) is 19.8 Å². The first-order chi connectivity index (χ1) is 9.73. The number of ether oxygens (including phenoxy) is 6. The zero-order chi connectivity index (χ0) is 13.8. The Balaban J connectivity index is 1.59. The molecule has 3 atom stereocenters. The van der Waals surface area contributed by atoms with Gasteiger partial charge in [-0.05, 0) is 19.3 Å². The molecule has 3 aliphatic rings. The van der Waals surface area contributed by atoms with Crippen LogP contribution >= 0.6 is 0 Å². The molecular formula is C13H21O6Si. The van der Waals surface area contributed by atoms with Crippen molar-refractivity contribution in [3.05, 3.63) is 0 Å². The van der Waals surface area contributed by atoms with Crippen molar-refractivity contribution >= 4 is 10.2 Å². The molecule has 3 saturated heterocycles. The highest BCUT2D eigenvalue weighted by molar-refractivity contribution is 6.12. The summed E-state index contributed by atoms with van der Waals surface area (Å²) in [7, 11) is 3.47. The average molecular weight is 301 g/mol. The Labute approximate surface area is 122 Å². The second-order valence-electron chi connectivity index (χ2n) is 5.24. The molecule has 0 saturated carbocycles. The molecule has 0 aliphatic carbocycles. The fourth-order valence-electron chi connectivity index (χ4n) is 2.53. The second kappa shape index (κ2) is 6.82. The maximum absolute atomic E-state index is 5.81. The fourth-order valence-corrected chi connectivity index (χ4v) is 2.92. The van der Waals surface area contributed by atoms with Gasteiger partial charge in [0.2, 0.25) is 0 Å². The van der Waals surface area contributed by atoms with Crippen LogP contribution in [0.2, 0.25) is 0 Å². The van der Waals surface area contributed by atoms with E-state index in [2.05, 4.69) is 10.2 Å². The van der Waals surface area contributed by atoms with Gasteiger partial charge in [-0.3, -0.25) is 0 Å². The lowest BCUT2D eigenvalue weighted by atomic mass is 10.3. The van der Waals surface area contributed by atoms with Gasteiger partial charge in [-0.1, -0.05) is 0 Å². The Morgan fingerprint density at radius 3 is 1.30 bits per heavy atom. The molecule has 20 heavy (non-hydrogen) atoms. The summed E-state index contributed by atoms with van der Waals surface area (Å²) >= 11 is 0. The molecule has 3 aliphatic heterocycles. The Morgan fingerprint density at radius 1 is 0.700 bits per heavy atom. The van der Waals surface area contributed by atoms with E-state index in [1.165, 1.54) is 0 Å². The summed E-state index contributed by atoms with van der Waals surface area (Å²) in [6, 6.07) is 0. The molecule has 0 aromatic heterocycles. The smallest absolute Gasteiger partial charge is 0.255 e. The SMILES string of the molecule is [Si]C(OC1CCCO1)(OC1CCCO1)OC1CCCO1. The van der Waals surface area contributed by atoms with Gasteiger partial charge in [-0.2, -0.15) is 0 Å². The maximum Gasteiger partial charge on any atom is 0.255 e. The van der Waals surface area contributed by atoms with Crippen LogP contribution < -0.4 is 0 Å². The van der Waals surface area contributed by atoms with Crippen LogP contribution in [0.25, 0.3) is 0 Å². The Kier molecular flexibility index (Phi) is 5.08. The zero-order valence-corrected chi connectivity index (χ0v) is 12.5. The van der Waals surface area contributed by atoms with Crippen LogP contribution in [0.4, 0.5) is 0 Å². The van der Waals surface area contributed by atoms with Gasteiger partial charge in [0, 0.05) is 39.1 Å². The predicted molar refractivity (Wildman–Crippen MR) is 68.7 cm³/mol. The molecule has 0 aromatic rings. The van der Waals surface area contributed by atoms with Crippen molar-refractivity contribution in [2.75, 3.05) is 19.8 Å². The third kappa shape index (κ3) is 4.00. The van der Waals surface area contributed by atoms with Crippen molar-refractivity contribution in [1.82, 2.24) is 0 Å². The topological polar surface area (TPSA) is 55.4 Å². The van der Waals surface area contributed by atoms with Crippen molar-refractivity contribution in [3.8, 4) is 0 Å². The monoisotopic (exact) mass is 301 g/mol. The first-order valence-electron chi connectivity index (χ1n) is 7.37. The van der Waals surface area contributed by atoms with Crippen molar-refractivity contribution in [1.29, 1.82) is 0 Å². The minimum Gasteiger partial charge on any atom is -0.352 e. The average Bonchev–Trinajstić information content (AvgIpc) is 3.11. The van der Waals surface area contributed by atoms with Gasteiger partial charge in [0.05, 0.1) is 0 Å². The maximum atomic E-state index is 5.81. The summed E-state index contributed by atoms with van der Waals surface area (Å²) < 4.78 is 33.9. The van der Waals surface area contributed by atoms with Crippen molar-refractivity contribution in [2.45, 2.75) is 63.0 Å². The van der Waals surface area contributed by atoms with Crippen molar-refractivity contribution in [2.24, 2.45) is 0 Å². The van der Waals surface area contributed by atoms with Gasteiger partial charge in [-0.15, -0.1) is 0 Å². The predicted octanol–water partition coefficient (Wildman–Crippen LogP) is 1.23. The Bertz CT molecular complexity index is 252. The molecule has 7 heteroatoms. The van der Waals surface area contributed by atoms with Gasteiger partial charge < -0.3 is 28.4 Å². The quantitative estimate of drug-likeness (QED) is 0.543. The molecule has 3 rings (SSSR count). The van der Waals surface area contributed by atoms with E-state index in [-0.39, 0.29) is 18.9 Å². The van der Waals surface area contributed by atoms with E-state index >= 15 is 0 Å². The minimum atomic E-state index is -1.38. The number of rotatable bonds is 6. The normalized spacial score (nSPS) is 37.4. The lowest BCUT2D eigenvalue weighted by molar-refractivity contribution is -0.422. The first kappa shape index (κ1) is 14.9. The van der Waals surface area contributed by atoms with E-state index in [4.69, 9.17) is 28.4 Å². The molecule has 113 valence electrons. The van der Waals surface area contributed by atoms with E-state index in [1.54, 1.807) is 0 Å². The van der Waals surface area contributed by atoms with Crippen LogP contribution in [0.3, 0.4) is 0 Å². The molecule has 0 spiro atoms. The summed E-state index contributed by atoms with van der Waals surface area (Å²) in [5.74, 6) is 0. The summed E-state index contributed by atoms with van der Waals surface area (Å²) in [4.78, 5) is 0. The molecule has 3 radical (unpaired) electrons. The summed E-state index contributed by atoms with van der Waals surface area (Å²) in [5, 5.41) is 0. The summed E-state index contributed by atoms with van der Waals surface area (Å²) in [6.45, 7) is 2.10. The van der Waals surface area contributed by atoms with Crippen LogP contribution in [0.5, 0.6) is 0 Å². The minimum absolute atomic E-state index is 0.324. The van der Waals surface area contributed by atoms with Crippen LogP contribution in [0.1, 0.15) is 38.5 Å². The molecule has 0 amide bonds. The van der Waals surface area contributed by atoms with Crippen molar-refractivity contribution < 1.29 is 28.4 Å². The lowest BCUT2D eigenvalue weighted by Crippen LogP contribution is -2.47. The highest BCUT2D eigenvalue weighted by Crippen LogP contribution is 2.29. The fraction of sp³-hybridized carbons (Fsp3) is 1.00. The van der Waals surface area contributed by atoms with Gasteiger partial charge in [0.25, 0.3) is 5.60 Å². The van der Waals surface area contributed by atoms with E-state index in [9.17, 15) is 0 Å². The zero-order valence-electron chi connectivity index (χ0n) is 11.5. The van der Waals surface area contributed by atoms with Crippen LogP contribution in [-0.2, 0) is 28.4 Å². The molecular weight excluding hydrogens is 280 g/mol. The highest BCUT2D eigenvalue weighted by atomic mass is 28.1. The second-order valence-corrected chi connectivity index (χ2v) is 5.85. The van der Waals surface area contributed by atoms with Crippen LogP contribution in [-0.4, -0.2) is 54.5 Å². The van der Waals surface area contributed by atoms with E-state index < -0.39 is 5.60 Å². The Morgan fingerprint density at radius 2 is 1.05 bits per heavy atom. The lowest BCUT2D eigenvalue weighted by Gasteiger charge is -2.35. The largest absolute Gasteiger partial charge is 0.352 e. The van der Waals surface area contributed by atoms with Gasteiger partial charge in [-0.25, -0.2) is 0 Å². The van der Waals surface area contributed by atoms with Crippen molar-refractivity contribution in [3.63, 3.8) is 0 Å².